The summed E-state index contributed by atoms with van der Waals surface area (Å²) in [7, 11) is 1.38. The lowest BCUT2D eigenvalue weighted by Gasteiger charge is -2.29. The summed E-state index contributed by atoms with van der Waals surface area (Å²) in [6.07, 6.45) is 5.19. The van der Waals surface area contributed by atoms with Crippen molar-refractivity contribution in [3.63, 3.8) is 0 Å². The summed E-state index contributed by atoms with van der Waals surface area (Å²) < 4.78 is 4.91. The smallest absolute Gasteiger partial charge is 0.309 e. The second kappa shape index (κ2) is 9.30. The van der Waals surface area contributed by atoms with E-state index in [9.17, 15) is 19.2 Å². The van der Waals surface area contributed by atoms with E-state index in [1.807, 2.05) is 0 Å². The van der Waals surface area contributed by atoms with E-state index >= 15 is 0 Å². The van der Waals surface area contributed by atoms with Gasteiger partial charge in [0.1, 0.15) is 0 Å². The predicted molar refractivity (Wildman–Crippen MR) is 115 cm³/mol. The van der Waals surface area contributed by atoms with Crippen molar-refractivity contribution in [1.82, 2.24) is 15.2 Å². The Hall–Kier alpha value is -3.55. The van der Waals surface area contributed by atoms with E-state index in [0.717, 1.165) is 30.6 Å². The van der Waals surface area contributed by atoms with Gasteiger partial charge in [0.25, 0.3) is 17.7 Å². The maximum atomic E-state index is 12.8. The molecule has 2 atom stereocenters. The highest BCUT2D eigenvalue weighted by Crippen LogP contribution is 2.31. The van der Waals surface area contributed by atoms with Crippen LogP contribution in [0, 0.1) is 11.8 Å². The number of amides is 3. The van der Waals surface area contributed by atoms with E-state index in [4.69, 9.17) is 4.74 Å². The molecule has 2 aliphatic rings. The maximum Gasteiger partial charge on any atom is 0.309 e. The second-order valence-electron chi connectivity index (χ2n) is 8.16. The molecule has 4 rings (SSSR count). The van der Waals surface area contributed by atoms with Crippen LogP contribution in [-0.4, -0.2) is 47.2 Å². The third-order valence-corrected chi connectivity index (χ3v) is 6.22. The van der Waals surface area contributed by atoms with Gasteiger partial charge in [0.05, 0.1) is 36.4 Å². The van der Waals surface area contributed by atoms with Crippen LogP contribution < -0.4 is 5.32 Å². The Balaban J connectivity index is 1.44. The Labute approximate surface area is 186 Å². The molecule has 0 bridgehead atoms. The molecule has 8 nitrogen and oxygen atoms in total. The number of pyridine rings is 1. The van der Waals surface area contributed by atoms with Crippen molar-refractivity contribution in [2.75, 3.05) is 13.7 Å². The summed E-state index contributed by atoms with van der Waals surface area (Å²) in [5, 5.41) is 2.88. The molecule has 8 heteroatoms. The summed E-state index contributed by atoms with van der Waals surface area (Å²) in [6.45, 7) is 0.430. The number of aromatic nitrogens is 1. The molecule has 166 valence electrons. The molecular weight excluding hydrogens is 410 g/mol. The van der Waals surface area contributed by atoms with Crippen LogP contribution >= 0.6 is 0 Å². The van der Waals surface area contributed by atoms with Crippen molar-refractivity contribution >= 4 is 23.7 Å². The van der Waals surface area contributed by atoms with Gasteiger partial charge in [-0.25, -0.2) is 0 Å². The fourth-order valence-corrected chi connectivity index (χ4v) is 4.47. The largest absolute Gasteiger partial charge is 0.469 e. The highest BCUT2D eigenvalue weighted by molar-refractivity contribution is 6.22. The number of hydrogen-bond acceptors (Lipinski definition) is 6. The number of hydrogen-bond donors (Lipinski definition) is 1. The number of rotatable bonds is 6. The average molecular weight is 435 g/mol. The molecule has 1 aliphatic heterocycles. The first-order valence-corrected chi connectivity index (χ1v) is 10.8. The van der Waals surface area contributed by atoms with Crippen LogP contribution in [0.5, 0.6) is 0 Å². The summed E-state index contributed by atoms with van der Waals surface area (Å²) in [6, 6.07) is 9.82. The minimum absolute atomic E-state index is 0.0200. The van der Waals surface area contributed by atoms with Gasteiger partial charge in [-0.15, -0.1) is 0 Å². The molecule has 1 aromatic carbocycles. The molecule has 1 N–H and O–H groups in total. The van der Waals surface area contributed by atoms with Crippen LogP contribution in [0.25, 0.3) is 0 Å². The lowest BCUT2D eigenvalue weighted by molar-refractivity contribution is -0.148. The molecule has 1 aliphatic carbocycles. The van der Waals surface area contributed by atoms with Crippen LogP contribution in [0.2, 0.25) is 0 Å². The molecule has 1 fully saturated rings. The van der Waals surface area contributed by atoms with Crippen molar-refractivity contribution in [1.29, 1.82) is 0 Å². The summed E-state index contributed by atoms with van der Waals surface area (Å²) >= 11 is 0. The number of benzene rings is 1. The lowest BCUT2D eigenvalue weighted by Crippen LogP contribution is -2.37. The van der Waals surface area contributed by atoms with Crippen molar-refractivity contribution < 1.29 is 23.9 Å². The topological polar surface area (TPSA) is 106 Å². The quantitative estimate of drug-likeness (QED) is 0.552. The molecule has 0 radical (unpaired) electrons. The zero-order chi connectivity index (χ0) is 22.7. The van der Waals surface area contributed by atoms with Gasteiger partial charge in [-0.1, -0.05) is 18.9 Å². The van der Waals surface area contributed by atoms with Crippen LogP contribution in [0.3, 0.4) is 0 Å². The number of nitrogens with one attached hydrogen (secondary N) is 1. The lowest BCUT2D eigenvalue weighted by atomic mass is 9.79. The van der Waals surface area contributed by atoms with Gasteiger partial charge in [-0.3, -0.25) is 29.1 Å². The fraction of sp³-hybridized carbons (Fsp3) is 0.375. The monoisotopic (exact) mass is 435 g/mol. The summed E-state index contributed by atoms with van der Waals surface area (Å²) in [5.41, 5.74) is 1.40. The highest BCUT2D eigenvalue weighted by atomic mass is 16.5. The third kappa shape index (κ3) is 4.26. The Morgan fingerprint density at radius 3 is 2.62 bits per heavy atom. The van der Waals surface area contributed by atoms with Gasteiger partial charge in [0.15, 0.2) is 0 Å². The van der Waals surface area contributed by atoms with Crippen LogP contribution in [0.1, 0.15) is 62.5 Å². The zero-order valence-electron chi connectivity index (χ0n) is 17.9. The number of fused-ring (bicyclic) bond motifs is 1. The SMILES string of the molecule is COC(=O)C1CCCCC1CNC(=O)c1ccc2c(c1)C(=O)N(Cc1ccccn1)C2=O. The zero-order valence-corrected chi connectivity index (χ0v) is 17.9. The molecule has 2 heterocycles. The average Bonchev–Trinajstić information content (AvgIpc) is 3.07. The summed E-state index contributed by atoms with van der Waals surface area (Å²) in [4.78, 5) is 55.6. The van der Waals surface area contributed by atoms with Gasteiger partial charge in [-0.05, 0) is 49.1 Å². The normalized spacial score (nSPS) is 20.1. The standard InChI is InChI=1S/C24H25N3O5/c1-32-24(31)18-8-3-2-6-16(18)13-26-21(28)15-9-10-19-20(12-15)23(30)27(22(19)29)14-17-7-4-5-11-25-17/h4-5,7,9-12,16,18H,2-3,6,8,13-14H2,1H3,(H,26,28). The number of imide groups is 1. The van der Waals surface area contributed by atoms with Crippen molar-refractivity contribution in [2.45, 2.75) is 32.2 Å². The highest BCUT2D eigenvalue weighted by Gasteiger charge is 2.36. The number of carbonyl (C=O) groups excluding carboxylic acids is 4. The first kappa shape index (κ1) is 21.7. The van der Waals surface area contributed by atoms with Gasteiger partial charge in [0.2, 0.25) is 0 Å². The Morgan fingerprint density at radius 2 is 1.88 bits per heavy atom. The van der Waals surface area contributed by atoms with E-state index in [0.29, 0.717) is 17.8 Å². The maximum absolute atomic E-state index is 12.8. The fourth-order valence-electron chi connectivity index (χ4n) is 4.47. The van der Waals surface area contributed by atoms with Gasteiger partial charge in [0, 0.05) is 18.3 Å². The van der Waals surface area contributed by atoms with Gasteiger partial charge in [-0.2, -0.15) is 0 Å². The van der Waals surface area contributed by atoms with E-state index in [-0.39, 0.29) is 41.4 Å². The van der Waals surface area contributed by atoms with E-state index in [2.05, 4.69) is 10.3 Å². The molecule has 32 heavy (non-hydrogen) atoms. The molecule has 0 spiro atoms. The first-order valence-electron chi connectivity index (χ1n) is 10.8. The Kier molecular flexibility index (Phi) is 6.30. The second-order valence-corrected chi connectivity index (χ2v) is 8.16. The molecule has 3 amide bonds. The minimum atomic E-state index is -0.441. The number of carbonyl (C=O) groups is 4. The van der Waals surface area contributed by atoms with E-state index in [1.165, 1.54) is 19.2 Å². The van der Waals surface area contributed by atoms with Gasteiger partial charge >= 0.3 is 5.97 Å². The number of nitrogens with zero attached hydrogens (tertiary/aromatic N) is 2. The van der Waals surface area contributed by atoms with Crippen LogP contribution in [0.4, 0.5) is 0 Å². The number of methoxy groups -OCH3 is 1. The number of ether oxygens (including phenoxy) is 1. The van der Waals surface area contributed by atoms with Crippen LogP contribution in [-0.2, 0) is 16.1 Å². The molecule has 2 aromatic rings. The molecule has 0 saturated heterocycles. The summed E-state index contributed by atoms with van der Waals surface area (Å²) in [5.74, 6) is -1.61. The molecule has 1 aromatic heterocycles. The Morgan fingerprint density at radius 1 is 1.09 bits per heavy atom. The van der Waals surface area contributed by atoms with E-state index < -0.39 is 11.8 Å². The molecule has 1 saturated carbocycles. The van der Waals surface area contributed by atoms with Gasteiger partial charge < -0.3 is 10.1 Å². The van der Waals surface area contributed by atoms with Crippen LogP contribution in [0.15, 0.2) is 42.6 Å². The Bertz CT molecular complexity index is 1050. The van der Waals surface area contributed by atoms with Crippen molar-refractivity contribution in [2.24, 2.45) is 11.8 Å². The predicted octanol–water partition coefficient (Wildman–Crippen LogP) is 2.59. The number of esters is 1. The van der Waals surface area contributed by atoms with Crippen molar-refractivity contribution in [3.05, 3.63) is 65.0 Å². The molecule has 2 unspecified atom stereocenters. The van der Waals surface area contributed by atoms with E-state index in [1.54, 1.807) is 30.5 Å². The van der Waals surface area contributed by atoms with Crippen molar-refractivity contribution in [3.8, 4) is 0 Å². The third-order valence-electron chi connectivity index (χ3n) is 6.22. The first-order chi connectivity index (χ1) is 15.5. The molecular formula is C24H25N3O5. The minimum Gasteiger partial charge on any atom is -0.469 e.